The number of hydrogen-bond donors (Lipinski definition) is 0. The molecule has 0 aliphatic carbocycles. The fourth-order valence-electron chi connectivity index (χ4n) is 11.7. The normalized spacial score (nSPS) is 12.9. The first-order valence-electron chi connectivity index (χ1n) is 31.8. The van der Waals surface area contributed by atoms with E-state index in [9.17, 15) is 0 Å². The summed E-state index contributed by atoms with van der Waals surface area (Å²) in [7, 11) is 0. The number of aromatic nitrogens is 5. The van der Waals surface area contributed by atoms with Gasteiger partial charge in [0.2, 0.25) is 0 Å². The smallest absolute Gasteiger partial charge is 0.272 e. The Labute approximate surface area is 552 Å². The minimum absolute atomic E-state index is 0. The molecular weight excluding hydrogens is 1280 g/mol. The molecule has 0 radical (unpaired) electrons. The fraction of sp³-hybridized carbons (Fsp3) is 0.337. The van der Waals surface area contributed by atoms with Crippen molar-refractivity contribution >= 4 is 21.8 Å². The van der Waals surface area contributed by atoms with Gasteiger partial charge in [-0.2, -0.15) is 22.9 Å². The van der Waals surface area contributed by atoms with Gasteiger partial charge in [0.1, 0.15) is 5.82 Å². The summed E-state index contributed by atoms with van der Waals surface area (Å²) in [6, 6.07) is 67.6. The van der Waals surface area contributed by atoms with Crippen molar-refractivity contribution in [2.45, 2.75) is 183 Å². The minimum atomic E-state index is -0.140. The largest absolute Gasteiger partial charge is 0.510 e. The standard InChI is InChI=1S/C83H91N5O.Pt/c1-77(2,3)57-37-38-84-74(49-57)88-72-36-33-54(53-27-23-22-24-28-53)43-71(72)70-35-34-67(51-73(70)88)89-66-30-25-29-64(50-66)86-52-87(65-47-62(82(16,17)18)46-63(48-65)83(19,20)21)85-76(86)75-68(55-39-58(78(4,5)6)44-59(40-55)79(7,8)9)31-26-32-69(75)56-41-60(80(10,11)12)45-61(42-56)81(13,14)15;/h22-49H,1-21H3;/q-2;. The Morgan fingerprint density at radius 1 is 0.400 bits per heavy atom. The van der Waals surface area contributed by atoms with Gasteiger partial charge in [-0.3, -0.25) is 0 Å². The minimum Gasteiger partial charge on any atom is -0.510 e. The summed E-state index contributed by atoms with van der Waals surface area (Å²) in [6.45, 7) is 48.2. The maximum atomic E-state index is 7.02. The van der Waals surface area contributed by atoms with Crippen molar-refractivity contribution < 1.29 is 30.5 Å². The molecule has 3 heterocycles. The van der Waals surface area contributed by atoms with Crippen LogP contribution in [0, 0.1) is 18.5 Å². The third kappa shape index (κ3) is 13.4. The molecule has 90 heavy (non-hydrogen) atoms. The Bertz CT molecular complexity index is 4300. The SMILES string of the molecule is CC(C)(C)c1cc(-c2cccc(-c3cc(C(C)(C)C)cc(C(C)(C)C)c3)c2-c2n[n+](-c3cc(C(C)(C)C)cc(C(C)(C)C)c3)[c-]n2-c2[c-]c(Oc3[c-]c4c(cc3)c3cc(-c5ccccc5)ccc3n4-c3cc(C(C)(C)C)ccn3)ccc2)cc(C(C)(C)C)c1.[Pt]. The second-order valence-electron chi connectivity index (χ2n) is 31.9. The van der Waals surface area contributed by atoms with Gasteiger partial charge in [-0.05, 0) is 134 Å². The zero-order chi connectivity index (χ0) is 64.1. The summed E-state index contributed by atoms with van der Waals surface area (Å²) in [5.41, 5.74) is 19.2. The molecule has 0 fully saturated rings. The topological polar surface area (TPSA) is 48.8 Å². The van der Waals surface area contributed by atoms with Crippen LogP contribution in [0.15, 0.2) is 170 Å². The van der Waals surface area contributed by atoms with Gasteiger partial charge in [-0.15, -0.1) is 34.8 Å². The summed E-state index contributed by atoms with van der Waals surface area (Å²) >= 11 is 0. The first kappa shape index (κ1) is 65.3. The summed E-state index contributed by atoms with van der Waals surface area (Å²) in [6.07, 6.45) is 5.79. The van der Waals surface area contributed by atoms with Crippen LogP contribution in [0.25, 0.3) is 83.8 Å². The first-order chi connectivity index (χ1) is 41.5. The molecule has 0 N–H and O–H groups in total. The van der Waals surface area contributed by atoms with Gasteiger partial charge in [-0.1, -0.05) is 272 Å². The van der Waals surface area contributed by atoms with Crippen molar-refractivity contribution in [3.05, 3.63) is 227 Å². The van der Waals surface area contributed by atoms with E-state index in [0.717, 1.165) is 83.8 Å². The Morgan fingerprint density at radius 2 is 0.889 bits per heavy atom. The molecule has 6 nitrogen and oxygen atoms in total. The van der Waals surface area contributed by atoms with E-state index in [2.05, 4.69) is 319 Å². The molecule has 0 spiro atoms. The zero-order valence-electron chi connectivity index (χ0n) is 57.1. The molecule has 0 amide bonds. The van der Waals surface area contributed by atoms with Gasteiger partial charge in [0.05, 0.1) is 5.69 Å². The van der Waals surface area contributed by atoms with Crippen LogP contribution >= 0.6 is 0 Å². The summed E-state index contributed by atoms with van der Waals surface area (Å²) in [5.74, 6) is 2.62. The van der Waals surface area contributed by atoms with Crippen LogP contribution in [-0.4, -0.2) is 19.2 Å². The number of rotatable bonds is 9. The Morgan fingerprint density at radius 3 is 1.40 bits per heavy atom. The van der Waals surface area contributed by atoms with Crippen molar-refractivity contribution in [1.82, 2.24) is 19.2 Å². The third-order valence-electron chi connectivity index (χ3n) is 17.5. The van der Waals surface area contributed by atoms with E-state index in [1.54, 1.807) is 0 Å². The molecule has 466 valence electrons. The van der Waals surface area contributed by atoms with E-state index in [-0.39, 0.29) is 59.0 Å². The van der Waals surface area contributed by atoms with Crippen LogP contribution < -0.4 is 9.42 Å². The molecule has 7 heteroatoms. The van der Waals surface area contributed by atoms with Crippen LogP contribution in [0.5, 0.6) is 11.5 Å². The second-order valence-corrected chi connectivity index (χ2v) is 31.9. The average Bonchev–Trinajstić information content (AvgIpc) is 1.56. The quantitative estimate of drug-likeness (QED) is 0.107. The molecule has 11 rings (SSSR count). The fourth-order valence-corrected chi connectivity index (χ4v) is 11.7. The van der Waals surface area contributed by atoms with E-state index in [1.165, 1.54) is 38.9 Å². The van der Waals surface area contributed by atoms with Crippen LogP contribution in [-0.2, 0) is 59.0 Å². The van der Waals surface area contributed by atoms with E-state index < -0.39 is 0 Å². The monoisotopic (exact) mass is 1370 g/mol. The summed E-state index contributed by atoms with van der Waals surface area (Å²) < 4.78 is 13.3. The number of nitrogens with zero attached hydrogens (tertiary/aromatic N) is 5. The molecule has 3 aromatic heterocycles. The Hall–Kier alpha value is -7.66. The van der Waals surface area contributed by atoms with Crippen molar-refractivity contribution in [2.75, 3.05) is 0 Å². The number of fused-ring (bicyclic) bond motifs is 3. The van der Waals surface area contributed by atoms with Gasteiger partial charge >= 0.3 is 0 Å². The first-order valence-corrected chi connectivity index (χ1v) is 31.8. The Kier molecular flexibility index (Phi) is 17.1. The maximum absolute atomic E-state index is 7.02. The molecular formula is C83H91N5OPt-2. The van der Waals surface area contributed by atoms with Crippen molar-refractivity contribution in [3.63, 3.8) is 0 Å². The van der Waals surface area contributed by atoms with E-state index >= 15 is 0 Å². The third-order valence-corrected chi connectivity index (χ3v) is 17.5. The molecule has 0 unspecified atom stereocenters. The molecule has 8 aromatic carbocycles. The van der Waals surface area contributed by atoms with E-state index in [4.69, 9.17) is 14.8 Å². The maximum Gasteiger partial charge on any atom is 0.272 e. The number of ether oxygens (including phenoxy) is 1. The number of hydrogen-bond acceptors (Lipinski definition) is 3. The summed E-state index contributed by atoms with van der Waals surface area (Å²) in [4.78, 5) is 5.02. The van der Waals surface area contributed by atoms with Crippen molar-refractivity contribution in [2.24, 2.45) is 0 Å². The molecule has 0 saturated carbocycles. The molecule has 11 aromatic rings. The van der Waals surface area contributed by atoms with Crippen LogP contribution in [0.4, 0.5) is 0 Å². The molecule has 0 aliphatic rings. The Balaban J connectivity index is 0.00000891. The number of pyridine rings is 1. The molecule has 0 bridgehead atoms. The average molecular weight is 1370 g/mol. The number of benzene rings is 8. The molecule has 0 saturated heterocycles. The van der Waals surface area contributed by atoms with Gasteiger partial charge in [-0.25, -0.2) is 4.98 Å². The van der Waals surface area contributed by atoms with Crippen molar-refractivity contribution in [3.8, 4) is 73.5 Å². The van der Waals surface area contributed by atoms with Gasteiger partial charge in [0, 0.05) is 49.8 Å². The van der Waals surface area contributed by atoms with Gasteiger partial charge in [0.25, 0.3) is 6.33 Å². The predicted molar refractivity (Wildman–Crippen MR) is 373 cm³/mol. The van der Waals surface area contributed by atoms with Gasteiger partial charge < -0.3 is 13.9 Å². The molecule has 0 aliphatic heterocycles. The van der Waals surface area contributed by atoms with Crippen LogP contribution in [0.2, 0.25) is 0 Å². The van der Waals surface area contributed by atoms with Crippen LogP contribution in [0.1, 0.15) is 184 Å². The van der Waals surface area contributed by atoms with Crippen molar-refractivity contribution in [1.29, 1.82) is 0 Å². The second kappa shape index (κ2) is 23.5. The predicted octanol–water partition coefficient (Wildman–Crippen LogP) is 21.6. The van der Waals surface area contributed by atoms with E-state index in [0.29, 0.717) is 11.5 Å². The summed E-state index contributed by atoms with van der Waals surface area (Å²) in [5, 5.41) is 8.00. The van der Waals surface area contributed by atoms with Gasteiger partial charge in [0.15, 0.2) is 5.82 Å². The molecule has 0 atom stereocenters. The van der Waals surface area contributed by atoms with Crippen LogP contribution in [0.3, 0.4) is 0 Å². The zero-order valence-corrected chi connectivity index (χ0v) is 59.4. The van der Waals surface area contributed by atoms with E-state index in [1.807, 2.05) is 29.1 Å².